The zero-order valence-corrected chi connectivity index (χ0v) is 17.7. The minimum Gasteiger partial charge on any atom is -0.496 e. The van der Waals surface area contributed by atoms with Gasteiger partial charge >= 0.3 is 0 Å². The van der Waals surface area contributed by atoms with Crippen LogP contribution < -0.4 is 15.4 Å². The Kier molecular flexibility index (Phi) is 7.28. The van der Waals surface area contributed by atoms with Crippen LogP contribution in [0.4, 0.5) is 0 Å². The van der Waals surface area contributed by atoms with Gasteiger partial charge in [0.05, 0.1) is 12.7 Å². The van der Waals surface area contributed by atoms with Crippen LogP contribution in [0.5, 0.6) is 5.75 Å². The van der Waals surface area contributed by atoms with Crippen LogP contribution in [0, 0.1) is 0 Å². The zero-order valence-electron chi connectivity index (χ0n) is 17.7. The van der Waals surface area contributed by atoms with E-state index in [1.54, 1.807) is 31.4 Å². The first kappa shape index (κ1) is 21.6. The van der Waals surface area contributed by atoms with Gasteiger partial charge in [0, 0.05) is 18.0 Å². The van der Waals surface area contributed by atoms with Gasteiger partial charge in [-0.3, -0.25) is 9.59 Å². The second kappa shape index (κ2) is 10.1. The van der Waals surface area contributed by atoms with Gasteiger partial charge in [0.25, 0.3) is 5.91 Å². The number of ether oxygens (including phenoxy) is 1. The van der Waals surface area contributed by atoms with Crippen LogP contribution in [0.3, 0.4) is 0 Å². The summed E-state index contributed by atoms with van der Waals surface area (Å²) >= 11 is 0. The van der Waals surface area contributed by atoms with E-state index in [0.29, 0.717) is 17.9 Å². The Labute approximate surface area is 178 Å². The van der Waals surface area contributed by atoms with Crippen molar-refractivity contribution in [2.75, 3.05) is 13.7 Å². The van der Waals surface area contributed by atoms with E-state index in [0.717, 1.165) is 25.7 Å². The Balaban J connectivity index is 1.73. The summed E-state index contributed by atoms with van der Waals surface area (Å²) in [7, 11) is 1.57. The number of hydrogen-bond donors (Lipinski definition) is 2. The molecule has 0 spiro atoms. The number of carbonyl (C=O) groups is 2. The molecular weight excluding hydrogens is 376 g/mol. The summed E-state index contributed by atoms with van der Waals surface area (Å²) in [6, 6.07) is 17.8. The summed E-state index contributed by atoms with van der Waals surface area (Å²) in [6.45, 7) is 2.38. The Bertz CT molecular complexity index is 884. The van der Waals surface area contributed by atoms with Crippen molar-refractivity contribution in [1.29, 1.82) is 0 Å². The molecule has 0 atom stereocenters. The monoisotopic (exact) mass is 406 g/mol. The molecule has 2 N–H and O–H groups in total. The minimum atomic E-state index is -0.152. The molecule has 1 aliphatic rings. The molecule has 0 saturated heterocycles. The zero-order chi connectivity index (χ0) is 21.4. The Morgan fingerprint density at radius 1 is 1.07 bits per heavy atom. The molecule has 0 aromatic heterocycles. The third-order valence-corrected chi connectivity index (χ3v) is 5.93. The predicted octanol–water partition coefficient (Wildman–Crippen LogP) is 4.00. The normalized spacial score (nSPS) is 21.2. The lowest BCUT2D eigenvalue weighted by atomic mass is 9.68. The number of amides is 2. The molecule has 0 aliphatic heterocycles. The van der Waals surface area contributed by atoms with Crippen molar-refractivity contribution in [3.05, 3.63) is 77.9 Å². The van der Waals surface area contributed by atoms with E-state index in [2.05, 4.69) is 22.8 Å². The molecular formula is C25H30N2O3. The first-order valence-electron chi connectivity index (χ1n) is 10.5. The largest absolute Gasteiger partial charge is 0.496 e. The van der Waals surface area contributed by atoms with Crippen molar-refractivity contribution >= 4 is 11.8 Å². The van der Waals surface area contributed by atoms with Crippen LogP contribution in [-0.2, 0) is 10.2 Å². The van der Waals surface area contributed by atoms with Gasteiger partial charge in [-0.2, -0.15) is 0 Å². The van der Waals surface area contributed by atoms with E-state index >= 15 is 0 Å². The molecule has 158 valence electrons. The molecule has 3 rings (SSSR count). The number of methoxy groups -OCH3 is 1. The molecule has 0 heterocycles. The highest BCUT2D eigenvalue weighted by atomic mass is 16.5. The van der Waals surface area contributed by atoms with Crippen LogP contribution >= 0.6 is 0 Å². The van der Waals surface area contributed by atoms with Gasteiger partial charge in [-0.1, -0.05) is 48.5 Å². The maximum absolute atomic E-state index is 12.9. The summed E-state index contributed by atoms with van der Waals surface area (Å²) in [5.74, 6) is 0.393. The molecule has 0 bridgehead atoms. The van der Waals surface area contributed by atoms with Gasteiger partial charge in [-0.25, -0.2) is 0 Å². The van der Waals surface area contributed by atoms with Gasteiger partial charge in [0.2, 0.25) is 5.91 Å². The quantitative estimate of drug-likeness (QED) is 0.683. The maximum atomic E-state index is 12.9. The van der Waals surface area contributed by atoms with Crippen LogP contribution in [-0.4, -0.2) is 31.5 Å². The lowest BCUT2D eigenvalue weighted by molar-refractivity contribution is -0.117. The molecule has 1 saturated carbocycles. The second-order valence-corrected chi connectivity index (χ2v) is 7.81. The van der Waals surface area contributed by atoms with Gasteiger partial charge in [0.15, 0.2) is 0 Å². The lowest BCUT2D eigenvalue weighted by Gasteiger charge is -2.41. The smallest absolute Gasteiger partial charge is 0.255 e. The predicted molar refractivity (Wildman–Crippen MR) is 119 cm³/mol. The van der Waals surface area contributed by atoms with E-state index in [-0.39, 0.29) is 23.3 Å². The molecule has 0 unspecified atom stereocenters. The summed E-state index contributed by atoms with van der Waals surface area (Å²) < 4.78 is 5.33. The summed E-state index contributed by atoms with van der Waals surface area (Å²) in [4.78, 5) is 24.8. The number of allylic oxidation sites excluding steroid dienone is 1. The van der Waals surface area contributed by atoms with Gasteiger partial charge < -0.3 is 15.4 Å². The molecule has 2 aromatic rings. The van der Waals surface area contributed by atoms with E-state index in [9.17, 15) is 9.59 Å². The van der Waals surface area contributed by atoms with Crippen molar-refractivity contribution in [3.63, 3.8) is 0 Å². The van der Waals surface area contributed by atoms with Crippen LogP contribution in [0.2, 0.25) is 0 Å². The number of rotatable bonds is 7. The minimum absolute atomic E-state index is 0.0424. The number of benzene rings is 2. The van der Waals surface area contributed by atoms with Gasteiger partial charge in [-0.15, -0.1) is 0 Å². The van der Waals surface area contributed by atoms with Gasteiger partial charge in [0.1, 0.15) is 5.75 Å². The van der Waals surface area contributed by atoms with Crippen LogP contribution in [0.1, 0.15) is 48.5 Å². The fourth-order valence-electron chi connectivity index (χ4n) is 4.25. The fraction of sp³-hybridized carbons (Fsp3) is 0.360. The molecule has 1 fully saturated rings. The third-order valence-electron chi connectivity index (χ3n) is 5.93. The van der Waals surface area contributed by atoms with Crippen molar-refractivity contribution < 1.29 is 14.3 Å². The summed E-state index contributed by atoms with van der Waals surface area (Å²) in [6.07, 6.45) is 6.85. The highest BCUT2D eigenvalue weighted by molar-refractivity contribution is 5.97. The van der Waals surface area contributed by atoms with E-state index in [4.69, 9.17) is 4.74 Å². The number of carbonyl (C=O) groups excluding carboxylic acids is 2. The topological polar surface area (TPSA) is 67.4 Å². The van der Waals surface area contributed by atoms with E-state index < -0.39 is 0 Å². The van der Waals surface area contributed by atoms with Crippen LogP contribution in [0.25, 0.3) is 0 Å². The average molecular weight is 407 g/mol. The van der Waals surface area contributed by atoms with E-state index in [1.165, 1.54) is 5.56 Å². The summed E-state index contributed by atoms with van der Waals surface area (Å²) in [5.41, 5.74) is 1.61. The highest BCUT2D eigenvalue weighted by Gasteiger charge is 2.37. The average Bonchev–Trinajstić information content (AvgIpc) is 2.79. The SMILES string of the molecule is C/C=C\C(=O)NC1CCC(CNC(=O)c2ccccc2OC)(c2ccccc2)CC1. The fourth-order valence-corrected chi connectivity index (χ4v) is 4.25. The first-order chi connectivity index (χ1) is 14.6. The maximum Gasteiger partial charge on any atom is 0.255 e. The van der Waals surface area contributed by atoms with Crippen molar-refractivity contribution in [2.24, 2.45) is 0 Å². The molecule has 5 heteroatoms. The lowest BCUT2D eigenvalue weighted by Crippen LogP contribution is -2.47. The molecule has 2 aromatic carbocycles. The third kappa shape index (κ3) is 5.09. The van der Waals surface area contributed by atoms with Crippen molar-refractivity contribution in [1.82, 2.24) is 10.6 Å². The summed E-state index contributed by atoms with van der Waals surface area (Å²) in [5, 5.41) is 6.23. The first-order valence-corrected chi connectivity index (χ1v) is 10.5. The number of para-hydroxylation sites is 1. The van der Waals surface area contributed by atoms with E-state index in [1.807, 2.05) is 37.3 Å². The Morgan fingerprint density at radius 2 is 1.73 bits per heavy atom. The molecule has 30 heavy (non-hydrogen) atoms. The molecule has 0 radical (unpaired) electrons. The molecule has 1 aliphatic carbocycles. The van der Waals surface area contributed by atoms with Crippen LogP contribution in [0.15, 0.2) is 66.7 Å². The van der Waals surface area contributed by atoms with Crippen molar-refractivity contribution in [2.45, 2.75) is 44.1 Å². The highest BCUT2D eigenvalue weighted by Crippen LogP contribution is 2.39. The Morgan fingerprint density at radius 3 is 2.40 bits per heavy atom. The standard InChI is InChI=1S/C25H30N2O3/c1-3-9-23(28)27-20-14-16-25(17-15-20,19-10-5-4-6-11-19)18-26-24(29)21-12-7-8-13-22(21)30-2/h3-13,20H,14-18H2,1-2H3,(H,26,29)(H,27,28)/b9-3-. The molecule has 5 nitrogen and oxygen atoms in total. The number of nitrogens with one attached hydrogen (secondary N) is 2. The number of hydrogen-bond acceptors (Lipinski definition) is 3. The Hall–Kier alpha value is -3.08. The molecule has 2 amide bonds. The van der Waals surface area contributed by atoms with Gasteiger partial charge in [-0.05, 0) is 56.4 Å². The second-order valence-electron chi connectivity index (χ2n) is 7.81. The van der Waals surface area contributed by atoms with Crippen molar-refractivity contribution in [3.8, 4) is 5.75 Å².